The number of esters is 1. The maximum Gasteiger partial charge on any atom is 0.573 e. The fourth-order valence-electron chi connectivity index (χ4n) is 3.82. The van der Waals surface area contributed by atoms with Crippen LogP contribution >= 0.6 is 11.8 Å². The highest BCUT2D eigenvalue weighted by Gasteiger charge is 2.31. The number of benzene rings is 3. The van der Waals surface area contributed by atoms with Gasteiger partial charge in [-0.05, 0) is 73.9 Å². The van der Waals surface area contributed by atoms with Crippen LogP contribution in [0, 0.1) is 13.8 Å². The van der Waals surface area contributed by atoms with Gasteiger partial charge in [0, 0.05) is 12.1 Å². The number of halogens is 3. The molecule has 1 unspecified atom stereocenters. The second-order valence-electron chi connectivity index (χ2n) is 9.96. The van der Waals surface area contributed by atoms with Crippen LogP contribution in [-0.4, -0.2) is 66.7 Å². The van der Waals surface area contributed by atoms with Crippen molar-refractivity contribution in [3.8, 4) is 5.75 Å². The number of hydrogen-bond acceptors (Lipinski definition) is 9. The molecule has 0 saturated heterocycles. The van der Waals surface area contributed by atoms with Crippen LogP contribution in [0.3, 0.4) is 0 Å². The van der Waals surface area contributed by atoms with E-state index in [1.54, 1.807) is 37.4 Å². The Labute approximate surface area is 279 Å². The molecule has 1 atom stereocenters. The average molecular weight is 686 g/mol. The van der Waals surface area contributed by atoms with Gasteiger partial charge in [0.25, 0.3) is 0 Å². The lowest BCUT2D eigenvalue weighted by atomic mass is 10.1. The molecule has 3 aromatic carbocycles. The Hall–Kier alpha value is -5.22. The molecule has 0 aromatic heterocycles. The van der Waals surface area contributed by atoms with Crippen LogP contribution in [0.4, 0.5) is 24.5 Å². The van der Waals surface area contributed by atoms with E-state index in [1.807, 2.05) is 32.0 Å². The molecule has 254 valence electrons. The molecule has 12 nitrogen and oxygen atoms in total. The molecule has 3 rings (SSSR count). The smallest absolute Gasteiger partial charge is 0.465 e. The van der Waals surface area contributed by atoms with Crippen molar-refractivity contribution in [3.05, 3.63) is 89.0 Å². The molecule has 3 aromatic rings. The number of carbonyl (C=O) groups is 2. The number of amides is 1. The van der Waals surface area contributed by atoms with Gasteiger partial charge >= 0.3 is 12.3 Å². The van der Waals surface area contributed by atoms with Crippen molar-refractivity contribution in [1.82, 2.24) is 10.7 Å². The molecule has 0 aliphatic carbocycles. The van der Waals surface area contributed by atoms with Gasteiger partial charge in [0.15, 0.2) is 5.17 Å². The molecule has 0 radical (unpaired) electrons. The predicted octanol–water partition coefficient (Wildman–Crippen LogP) is 2.70. The van der Waals surface area contributed by atoms with Crippen molar-refractivity contribution in [1.29, 1.82) is 0 Å². The van der Waals surface area contributed by atoms with Crippen LogP contribution in [0.2, 0.25) is 0 Å². The van der Waals surface area contributed by atoms with Gasteiger partial charge in [0.1, 0.15) is 17.5 Å². The standard InChI is InChI=1S/C32H35F3N8O4S/c1-4-46-30(45)26(36)17-38-27(44)18-48-31(42-28-20(2)6-5-7-21(28)3)43-41-16-22-8-10-23(11-9-22)29(37)40-19-39-24-12-14-25(15-13-24)47-32(33,34)35/h5-16,19,26H,4,17-18,36H2,1-3H3,(H,38,44)(H,42,43)(H2,37,39,40)/p+1/b41-16+. The number of rotatable bonds is 13. The third-order valence-corrected chi connectivity index (χ3v) is 7.06. The third-order valence-electron chi connectivity index (χ3n) is 6.20. The molecule has 0 fully saturated rings. The third kappa shape index (κ3) is 12.9. The van der Waals surface area contributed by atoms with E-state index in [2.05, 4.69) is 30.6 Å². The summed E-state index contributed by atoms with van der Waals surface area (Å²) in [5.74, 6) is -1.02. The maximum absolute atomic E-state index is 12.5. The van der Waals surface area contributed by atoms with Crippen LogP contribution in [0.5, 0.6) is 5.75 Å². The lowest BCUT2D eigenvalue weighted by Gasteiger charge is -2.12. The highest BCUT2D eigenvalue weighted by Crippen LogP contribution is 2.25. The van der Waals surface area contributed by atoms with E-state index < -0.39 is 18.4 Å². The minimum Gasteiger partial charge on any atom is -0.465 e. The number of aryl methyl sites for hydroxylation is 2. The summed E-state index contributed by atoms with van der Waals surface area (Å²) in [6.07, 6.45) is -1.88. The van der Waals surface area contributed by atoms with Crippen LogP contribution in [0.25, 0.3) is 0 Å². The molecule has 0 aliphatic rings. The van der Waals surface area contributed by atoms with Crippen LogP contribution < -0.4 is 31.9 Å². The quantitative estimate of drug-likeness (QED) is 0.0789. The Kier molecular flexibility index (Phi) is 14.1. The Balaban J connectivity index is 1.62. The first-order valence-corrected chi connectivity index (χ1v) is 15.5. The number of nitrogens with two attached hydrogens (primary N) is 2. The Morgan fingerprint density at radius 3 is 2.33 bits per heavy atom. The number of alkyl halides is 3. The summed E-state index contributed by atoms with van der Waals surface area (Å²) in [5, 5.41) is 7.28. The van der Waals surface area contributed by atoms with Gasteiger partial charge < -0.3 is 26.3 Å². The zero-order valence-corrected chi connectivity index (χ0v) is 27.2. The number of hydrazone groups is 1. The second-order valence-corrected chi connectivity index (χ2v) is 10.9. The van der Waals surface area contributed by atoms with Gasteiger partial charge in [-0.2, -0.15) is 5.10 Å². The lowest BCUT2D eigenvalue weighted by Crippen LogP contribution is -2.74. The number of ether oxygens (including phenoxy) is 2. The number of thioether (sulfide) groups is 1. The molecule has 16 heteroatoms. The normalized spacial score (nSPS) is 13.1. The molecule has 0 saturated carbocycles. The predicted molar refractivity (Wildman–Crippen MR) is 181 cm³/mol. The topological polar surface area (TPSA) is 180 Å². The van der Waals surface area contributed by atoms with Gasteiger partial charge in [0.2, 0.25) is 18.1 Å². The van der Waals surface area contributed by atoms with Gasteiger partial charge in [-0.1, -0.05) is 42.1 Å². The number of nitrogens with one attached hydrogen (secondary N) is 3. The van der Waals surface area contributed by atoms with Crippen molar-refractivity contribution >= 4 is 58.6 Å². The number of carbonyl (C=O) groups excluding carboxylic acids is 2. The Morgan fingerprint density at radius 2 is 1.71 bits per heavy atom. The SMILES string of the molecule is CCOC(=O)C(N)CNC(=O)CSC(=Nc1c(C)cccc1C)N/N=C/c1ccc(C(N)=[NH+]C=Nc2ccc(OC(F)(F)F)cc2)cc1. The number of nitrogens with zero attached hydrogens (tertiary/aromatic N) is 3. The lowest BCUT2D eigenvalue weighted by molar-refractivity contribution is -0.303. The van der Waals surface area contributed by atoms with E-state index in [-0.39, 0.29) is 30.6 Å². The van der Waals surface area contributed by atoms with Crippen LogP contribution in [0.1, 0.15) is 29.2 Å². The van der Waals surface area contributed by atoms with E-state index in [4.69, 9.17) is 21.2 Å². The molecule has 0 heterocycles. The zero-order chi connectivity index (χ0) is 35.1. The highest BCUT2D eigenvalue weighted by atomic mass is 32.2. The molecule has 7 N–H and O–H groups in total. The number of para-hydroxylation sites is 1. The van der Waals surface area contributed by atoms with Gasteiger partial charge in [0.05, 0.1) is 24.3 Å². The van der Waals surface area contributed by atoms with Crippen molar-refractivity contribution in [2.75, 3.05) is 18.9 Å². The molecular weight excluding hydrogens is 649 g/mol. The minimum absolute atomic E-state index is 0.0142. The largest absolute Gasteiger partial charge is 0.573 e. The fourth-order valence-corrected chi connectivity index (χ4v) is 4.46. The van der Waals surface area contributed by atoms with Crippen molar-refractivity contribution in [2.45, 2.75) is 33.2 Å². The summed E-state index contributed by atoms with van der Waals surface area (Å²) in [6.45, 7) is 5.66. The molecule has 0 aliphatic heterocycles. The monoisotopic (exact) mass is 685 g/mol. The summed E-state index contributed by atoms with van der Waals surface area (Å²) >= 11 is 1.13. The van der Waals surface area contributed by atoms with Gasteiger partial charge in [-0.3, -0.25) is 15.0 Å². The molecular formula is C32H36F3N8O4S+. The molecule has 48 heavy (non-hydrogen) atoms. The first-order chi connectivity index (χ1) is 22.8. The van der Waals surface area contributed by atoms with E-state index in [9.17, 15) is 22.8 Å². The van der Waals surface area contributed by atoms with Crippen molar-refractivity contribution in [3.63, 3.8) is 0 Å². The van der Waals surface area contributed by atoms with Crippen molar-refractivity contribution < 1.29 is 37.2 Å². The van der Waals surface area contributed by atoms with Gasteiger partial charge in [-0.15, -0.1) is 18.2 Å². The highest BCUT2D eigenvalue weighted by molar-refractivity contribution is 8.14. The van der Waals surface area contributed by atoms with E-state index in [0.29, 0.717) is 22.3 Å². The van der Waals surface area contributed by atoms with E-state index in [0.717, 1.165) is 46.3 Å². The van der Waals surface area contributed by atoms with Gasteiger partial charge in [-0.25, -0.2) is 9.98 Å². The average Bonchev–Trinajstić information content (AvgIpc) is 3.04. The van der Waals surface area contributed by atoms with E-state index >= 15 is 0 Å². The summed E-state index contributed by atoms with van der Waals surface area (Å²) in [6, 6.07) is 16.9. The number of nitrogen functional groups attached to an aromatic ring is 1. The Bertz CT molecular complexity index is 1640. The summed E-state index contributed by atoms with van der Waals surface area (Å²) in [4.78, 5) is 35.8. The fraction of sp³-hybridized carbons (Fsp3) is 0.250. The maximum atomic E-state index is 12.5. The molecule has 0 spiro atoms. The van der Waals surface area contributed by atoms with Crippen LogP contribution in [0.15, 0.2) is 81.8 Å². The zero-order valence-electron chi connectivity index (χ0n) is 26.4. The molecule has 1 amide bonds. The second kappa shape index (κ2) is 18.2. The number of aliphatic imine (C=N–C) groups is 2. The number of hydrogen-bond donors (Lipinski definition) is 5. The summed E-state index contributed by atoms with van der Waals surface area (Å²) in [7, 11) is 0. The minimum atomic E-state index is -4.77. The first-order valence-electron chi connectivity index (χ1n) is 14.5. The summed E-state index contributed by atoms with van der Waals surface area (Å²) < 4.78 is 45.6. The molecule has 0 bridgehead atoms. The number of amidine groups is 2. The summed E-state index contributed by atoms with van der Waals surface area (Å²) in [5.41, 5.74) is 19.2. The Morgan fingerprint density at radius 1 is 1.04 bits per heavy atom. The van der Waals surface area contributed by atoms with E-state index in [1.165, 1.54) is 18.5 Å². The van der Waals surface area contributed by atoms with Crippen molar-refractivity contribution in [2.24, 2.45) is 26.6 Å². The first kappa shape index (κ1) is 37.2. The van der Waals surface area contributed by atoms with Crippen LogP contribution in [-0.2, 0) is 14.3 Å².